The summed E-state index contributed by atoms with van der Waals surface area (Å²) in [5.41, 5.74) is 1.46. The molecule has 0 unspecified atom stereocenters. The van der Waals surface area contributed by atoms with Gasteiger partial charge >= 0.3 is 0 Å². The Kier molecular flexibility index (Phi) is 6.26. The number of nitrogens with one attached hydrogen (secondary N) is 1. The summed E-state index contributed by atoms with van der Waals surface area (Å²) in [5, 5.41) is 3.42. The van der Waals surface area contributed by atoms with E-state index in [0.29, 0.717) is 5.92 Å². The molecule has 134 valence electrons. The number of rotatable bonds is 7. The maximum absolute atomic E-state index is 4.49. The number of aromatic nitrogens is 2. The molecule has 3 rings (SSSR count). The van der Waals surface area contributed by atoms with Crippen LogP contribution in [0.3, 0.4) is 0 Å². The number of hydrogen-bond donors (Lipinski definition) is 1. The van der Waals surface area contributed by atoms with Gasteiger partial charge in [-0.3, -0.25) is 0 Å². The van der Waals surface area contributed by atoms with Crippen LogP contribution in [0.15, 0.2) is 42.7 Å². The molecule has 0 amide bonds. The van der Waals surface area contributed by atoms with Gasteiger partial charge in [-0.25, -0.2) is 9.97 Å². The fraction of sp³-hybridized carbons (Fsp3) is 0.524. The highest BCUT2D eigenvalue weighted by Crippen LogP contribution is 2.25. The summed E-state index contributed by atoms with van der Waals surface area (Å²) in [6, 6.07) is 12.9. The molecular formula is C21H30N4. The fourth-order valence-electron chi connectivity index (χ4n) is 3.42. The van der Waals surface area contributed by atoms with Crippen molar-refractivity contribution in [2.24, 2.45) is 11.8 Å². The predicted molar refractivity (Wildman–Crippen MR) is 105 cm³/mol. The van der Waals surface area contributed by atoms with Gasteiger partial charge < -0.3 is 10.2 Å². The van der Waals surface area contributed by atoms with Gasteiger partial charge in [0.2, 0.25) is 0 Å². The van der Waals surface area contributed by atoms with Gasteiger partial charge in [0, 0.05) is 25.7 Å². The normalized spacial score (nSPS) is 15.6. The van der Waals surface area contributed by atoms with Crippen LogP contribution in [0.5, 0.6) is 0 Å². The van der Waals surface area contributed by atoms with Crippen molar-refractivity contribution >= 4 is 11.6 Å². The Morgan fingerprint density at radius 3 is 2.60 bits per heavy atom. The molecule has 1 aromatic carbocycles. The van der Waals surface area contributed by atoms with Crippen molar-refractivity contribution < 1.29 is 0 Å². The molecule has 1 N–H and O–H groups in total. The van der Waals surface area contributed by atoms with Gasteiger partial charge in [-0.05, 0) is 43.1 Å². The molecule has 0 aliphatic carbocycles. The molecule has 0 radical (unpaired) electrons. The summed E-state index contributed by atoms with van der Waals surface area (Å²) in [5.74, 6) is 3.49. The van der Waals surface area contributed by atoms with E-state index >= 15 is 0 Å². The molecule has 1 saturated heterocycles. The summed E-state index contributed by atoms with van der Waals surface area (Å²) in [4.78, 5) is 11.2. The van der Waals surface area contributed by atoms with Crippen LogP contribution in [0, 0.1) is 11.8 Å². The number of benzene rings is 1. The zero-order chi connectivity index (χ0) is 17.5. The molecule has 2 heterocycles. The molecule has 4 heteroatoms. The van der Waals surface area contributed by atoms with Crippen LogP contribution < -0.4 is 10.2 Å². The second-order valence-electron chi connectivity index (χ2n) is 7.49. The molecule has 0 saturated carbocycles. The Balaban J connectivity index is 1.50. The standard InChI is InChI=1S/C21H30N4/c1-17(2)8-11-22-20-15-21(24-16-23-20)25-12-9-19(10-13-25)14-18-6-4-3-5-7-18/h3-7,15-17,19H,8-14H2,1-2H3,(H,22,23,24). The van der Waals surface area contributed by atoms with Crippen molar-refractivity contribution in [2.75, 3.05) is 29.9 Å². The van der Waals surface area contributed by atoms with Crippen molar-refractivity contribution in [3.8, 4) is 0 Å². The second kappa shape index (κ2) is 8.84. The lowest BCUT2D eigenvalue weighted by atomic mass is 9.90. The summed E-state index contributed by atoms with van der Waals surface area (Å²) >= 11 is 0. The van der Waals surface area contributed by atoms with Crippen molar-refractivity contribution in [1.82, 2.24) is 9.97 Å². The maximum Gasteiger partial charge on any atom is 0.134 e. The fourth-order valence-corrected chi connectivity index (χ4v) is 3.42. The van der Waals surface area contributed by atoms with Gasteiger partial charge in [-0.1, -0.05) is 44.2 Å². The number of anilines is 2. The highest BCUT2D eigenvalue weighted by molar-refractivity contribution is 5.48. The van der Waals surface area contributed by atoms with E-state index in [4.69, 9.17) is 0 Å². The predicted octanol–water partition coefficient (Wildman–Crippen LogP) is 4.39. The first-order valence-electron chi connectivity index (χ1n) is 9.55. The van der Waals surface area contributed by atoms with Crippen LogP contribution >= 0.6 is 0 Å². The lowest BCUT2D eigenvalue weighted by Gasteiger charge is -2.33. The van der Waals surface area contributed by atoms with Gasteiger partial charge in [0.15, 0.2) is 0 Å². The van der Waals surface area contributed by atoms with E-state index in [-0.39, 0.29) is 0 Å². The average molecular weight is 338 g/mol. The van der Waals surface area contributed by atoms with Gasteiger partial charge in [-0.2, -0.15) is 0 Å². The Morgan fingerprint density at radius 2 is 1.88 bits per heavy atom. The molecule has 1 aliphatic heterocycles. The first-order valence-corrected chi connectivity index (χ1v) is 9.55. The lowest BCUT2D eigenvalue weighted by Crippen LogP contribution is -2.34. The molecule has 25 heavy (non-hydrogen) atoms. The zero-order valence-corrected chi connectivity index (χ0v) is 15.5. The first-order chi connectivity index (χ1) is 12.2. The van der Waals surface area contributed by atoms with E-state index in [2.05, 4.69) is 70.4 Å². The van der Waals surface area contributed by atoms with Crippen LogP contribution in [0.25, 0.3) is 0 Å². The zero-order valence-electron chi connectivity index (χ0n) is 15.5. The molecule has 0 spiro atoms. The Morgan fingerprint density at radius 1 is 1.12 bits per heavy atom. The Bertz CT molecular complexity index is 633. The van der Waals surface area contributed by atoms with Gasteiger partial charge in [0.25, 0.3) is 0 Å². The monoisotopic (exact) mass is 338 g/mol. The topological polar surface area (TPSA) is 41.0 Å². The third kappa shape index (κ3) is 5.45. The SMILES string of the molecule is CC(C)CCNc1cc(N2CCC(Cc3ccccc3)CC2)ncn1. The van der Waals surface area contributed by atoms with Crippen molar-refractivity contribution in [2.45, 2.75) is 39.5 Å². The second-order valence-corrected chi connectivity index (χ2v) is 7.49. The third-order valence-electron chi connectivity index (χ3n) is 4.99. The molecule has 0 atom stereocenters. The maximum atomic E-state index is 4.49. The molecular weight excluding hydrogens is 308 g/mol. The van der Waals surface area contributed by atoms with E-state index in [0.717, 1.165) is 43.6 Å². The van der Waals surface area contributed by atoms with Crippen LogP contribution in [0.1, 0.15) is 38.7 Å². The molecule has 1 fully saturated rings. The number of piperidine rings is 1. The Labute approximate surface area is 151 Å². The van der Waals surface area contributed by atoms with Gasteiger partial charge in [0.1, 0.15) is 18.0 Å². The van der Waals surface area contributed by atoms with Crippen LogP contribution in [-0.4, -0.2) is 29.6 Å². The molecule has 4 nitrogen and oxygen atoms in total. The van der Waals surface area contributed by atoms with E-state index < -0.39 is 0 Å². The van der Waals surface area contributed by atoms with Crippen molar-refractivity contribution in [3.05, 3.63) is 48.3 Å². The van der Waals surface area contributed by atoms with E-state index in [9.17, 15) is 0 Å². The quantitative estimate of drug-likeness (QED) is 0.813. The highest BCUT2D eigenvalue weighted by Gasteiger charge is 2.20. The average Bonchev–Trinajstić information content (AvgIpc) is 2.63. The number of hydrogen-bond acceptors (Lipinski definition) is 4. The molecule has 1 aliphatic rings. The summed E-state index contributed by atoms with van der Waals surface area (Å²) in [6.45, 7) is 7.62. The van der Waals surface area contributed by atoms with Crippen LogP contribution in [0.4, 0.5) is 11.6 Å². The van der Waals surface area contributed by atoms with Crippen LogP contribution in [0.2, 0.25) is 0 Å². The largest absolute Gasteiger partial charge is 0.370 e. The molecule has 0 bridgehead atoms. The summed E-state index contributed by atoms with van der Waals surface area (Å²) < 4.78 is 0. The van der Waals surface area contributed by atoms with E-state index in [1.54, 1.807) is 6.33 Å². The minimum Gasteiger partial charge on any atom is -0.370 e. The third-order valence-corrected chi connectivity index (χ3v) is 4.99. The Hall–Kier alpha value is -2.10. The minimum absolute atomic E-state index is 0.706. The summed E-state index contributed by atoms with van der Waals surface area (Å²) in [7, 11) is 0. The van der Waals surface area contributed by atoms with Crippen molar-refractivity contribution in [3.63, 3.8) is 0 Å². The van der Waals surface area contributed by atoms with Crippen LogP contribution in [-0.2, 0) is 6.42 Å². The summed E-state index contributed by atoms with van der Waals surface area (Å²) in [6.07, 6.45) is 6.50. The van der Waals surface area contributed by atoms with Crippen molar-refractivity contribution in [1.29, 1.82) is 0 Å². The lowest BCUT2D eigenvalue weighted by molar-refractivity contribution is 0.402. The minimum atomic E-state index is 0.706. The van der Waals surface area contributed by atoms with E-state index in [1.807, 2.05) is 0 Å². The van der Waals surface area contributed by atoms with E-state index in [1.165, 1.54) is 24.8 Å². The molecule has 1 aromatic heterocycles. The first kappa shape index (κ1) is 17.7. The van der Waals surface area contributed by atoms with Gasteiger partial charge in [-0.15, -0.1) is 0 Å². The number of nitrogens with zero attached hydrogens (tertiary/aromatic N) is 3. The molecule has 2 aromatic rings. The highest BCUT2D eigenvalue weighted by atomic mass is 15.2. The van der Waals surface area contributed by atoms with Gasteiger partial charge in [0.05, 0.1) is 0 Å². The smallest absolute Gasteiger partial charge is 0.134 e.